The van der Waals surface area contributed by atoms with Gasteiger partial charge in [0, 0.05) is 39.7 Å². The van der Waals surface area contributed by atoms with E-state index in [1.807, 2.05) is 48.2 Å². The first-order valence-electron chi connectivity index (χ1n) is 6.69. The van der Waals surface area contributed by atoms with Crippen LogP contribution in [0.4, 0.5) is 11.4 Å². The van der Waals surface area contributed by atoms with Gasteiger partial charge in [0.2, 0.25) is 5.91 Å². The lowest BCUT2D eigenvalue weighted by molar-refractivity contribution is -0.117. The van der Waals surface area contributed by atoms with E-state index in [1.54, 1.807) is 6.92 Å². The minimum atomic E-state index is 0.115. The van der Waals surface area contributed by atoms with Gasteiger partial charge in [-0.1, -0.05) is 23.9 Å². The molecular weight excluding hydrogens is 272 g/mol. The van der Waals surface area contributed by atoms with Crippen molar-refractivity contribution in [2.75, 3.05) is 36.2 Å². The zero-order valence-electron chi connectivity index (χ0n) is 12.1. The highest BCUT2D eigenvalue weighted by Crippen LogP contribution is 2.33. The van der Waals surface area contributed by atoms with Crippen LogP contribution in [0.25, 0.3) is 0 Å². The first kappa shape index (κ1) is 14.9. The van der Waals surface area contributed by atoms with Crippen LogP contribution in [0, 0.1) is 5.92 Å². The third-order valence-corrected chi connectivity index (χ3v) is 4.43. The fraction of sp³-hybridized carbons (Fsp3) is 0.467. The summed E-state index contributed by atoms with van der Waals surface area (Å²) < 4.78 is 0. The number of carbonyl (C=O) groups is 2. The molecule has 2 rings (SSSR count). The second kappa shape index (κ2) is 6.31. The van der Waals surface area contributed by atoms with Gasteiger partial charge >= 0.3 is 0 Å². The van der Waals surface area contributed by atoms with Crippen LogP contribution in [0.2, 0.25) is 0 Å². The number of benzene rings is 1. The molecule has 1 saturated heterocycles. The number of anilines is 2. The van der Waals surface area contributed by atoms with Crippen LogP contribution >= 0.6 is 11.8 Å². The number of thioether (sulfide) groups is 1. The van der Waals surface area contributed by atoms with Crippen molar-refractivity contribution in [1.29, 1.82) is 0 Å². The Balaban J connectivity index is 2.14. The summed E-state index contributed by atoms with van der Waals surface area (Å²) in [5, 5.41) is 0.115. The topological polar surface area (TPSA) is 40.6 Å². The standard InChI is InChI=1S/C15H20N2O2S/c1-11(18)20-10-12-8-15(19)17(9-12)14-7-5-4-6-13(14)16(2)3/h4-7,12H,8-10H2,1-3H3. The molecule has 0 aliphatic carbocycles. The van der Waals surface area contributed by atoms with Gasteiger partial charge < -0.3 is 9.80 Å². The Kier molecular flexibility index (Phi) is 4.70. The summed E-state index contributed by atoms with van der Waals surface area (Å²) in [6, 6.07) is 7.92. The molecule has 0 spiro atoms. The summed E-state index contributed by atoms with van der Waals surface area (Å²) in [6.45, 7) is 2.27. The molecule has 0 radical (unpaired) electrons. The minimum absolute atomic E-state index is 0.115. The van der Waals surface area contributed by atoms with Crippen LogP contribution in [-0.2, 0) is 9.59 Å². The number of nitrogens with zero attached hydrogens (tertiary/aromatic N) is 2. The van der Waals surface area contributed by atoms with E-state index in [0.29, 0.717) is 13.0 Å². The molecule has 20 heavy (non-hydrogen) atoms. The van der Waals surface area contributed by atoms with Crippen molar-refractivity contribution in [3.8, 4) is 0 Å². The number of hydrogen-bond donors (Lipinski definition) is 0. The molecule has 1 aliphatic heterocycles. The highest BCUT2D eigenvalue weighted by atomic mass is 32.2. The van der Waals surface area contributed by atoms with Crippen molar-refractivity contribution in [2.45, 2.75) is 13.3 Å². The summed E-state index contributed by atoms with van der Waals surface area (Å²) in [6.07, 6.45) is 0.530. The Labute approximate surface area is 124 Å². The predicted octanol–water partition coefficient (Wildman–Crippen LogP) is 2.39. The van der Waals surface area contributed by atoms with Crippen molar-refractivity contribution in [2.24, 2.45) is 5.92 Å². The molecule has 1 unspecified atom stereocenters. The summed E-state index contributed by atoms with van der Waals surface area (Å²) in [5.41, 5.74) is 2.00. The average Bonchev–Trinajstić information content (AvgIpc) is 2.77. The molecule has 0 aromatic heterocycles. The zero-order chi connectivity index (χ0) is 14.7. The molecule has 5 heteroatoms. The molecule has 1 heterocycles. The van der Waals surface area contributed by atoms with Crippen molar-refractivity contribution in [3.63, 3.8) is 0 Å². The van der Waals surface area contributed by atoms with E-state index >= 15 is 0 Å². The number of carbonyl (C=O) groups excluding carboxylic acids is 2. The predicted molar refractivity (Wildman–Crippen MR) is 84.4 cm³/mol. The average molecular weight is 292 g/mol. The largest absolute Gasteiger partial charge is 0.376 e. The van der Waals surface area contributed by atoms with Crippen LogP contribution in [0.5, 0.6) is 0 Å². The van der Waals surface area contributed by atoms with Gasteiger partial charge in [-0.2, -0.15) is 0 Å². The van der Waals surface area contributed by atoms with Crippen molar-refractivity contribution < 1.29 is 9.59 Å². The smallest absolute Gasteiger partial charge is 0.227 e. The van der Waals surface area contributed by atoms with Gasteiger partial charge in [-0.05, 0) is 18.1 Å². The molecule has 0 N–H and O–H groups in total. The van der Waals surface area contributed by atoms with Crippen molar-refractivity contribution in [1.82, 2.24) is 0 Å². The second-order valence-electron chi connectivity index (χ2n) is 5.26. The summed E-state index contributed by atoms with van der Waals surface area (Å²) in [4.78, 5) is 27.1. The first-order chi connectivity index (χ1) is 9.49. The quantitative estimate of drug-likeness (QED) is 0.854. The third kappa shape index (κ3) is 3.33. The van der Waals surface area contributed by atoms with Crippen molar-refractivity contribution in [3.05, 3.63) is 24.3 Å². The lowest BCUT2D eigenvalue weighted by atomic mass is 10.1. The monoisotopic (exact) mass is 292 g/mol. The molecule has 108 valence electrons. The highest BCUT2D eigenvalue weighted by molar-refractivity contribution is 8.13. The van der Waals surface area contributed by atoms with Gasteiger partial charge in [0.25, 0.3) is 0 Å². The molecule has 0 bridgehead atoms. The molecule has 1 atom stereocenters. The molecular formula is C15H20N2O2S. The molecule has 1 amide bonds. The van der Waals surface area contributed by atoms with Gasteiger partial charge in [0.1, 0.15) is 0 Å². The van der Waals surface area contributed by atoms with E-state index in [9.17, 15) is 9.59 Å². The third-order valence-electron chi connectivity index (χ3n) is 3.38. The lowest BCUT2D eigenvalue weighted by Crippen LogP contribution is -2.27. The van der Waals surface area contributed by atoms with E-state index in [4.69, 9.17) is 0 Å². The summed E-state index contributed by atoms with van der Waals surface area (Å²) in [5.74, 6) is 1.13. The maximum absolute atomic E-state index is 12.2. The number of para-hydroxylation sites is 2. The minimum Gasteiger partial charge on any atom is -0.376 e. The van der Waals surface area contributed by atoms with Crippen LogP contribution in [-0.4, -0.2) is 37.4 Å². The Morgan fingerprint density at radius 3 is 2.75 bits per heavy atom. The SMILES string of the molecule is CC(=O)SCC1CC(=O)N(c2ccccc2N(C)C)C1. The molecule has 4 nitrogen and oxygen atoms in total. The molecule has 0 saturated carbocycles. The van der Waals surface area contributed by atoms with Crippen LogP contribution < -0.4 is 9.80 Å². The maximum atomic E-state index is 12.2. The number of rotatable bonds is 4. The van der Waals surface area contributed by atoms with E-state index in [-0.39, 0.29) is 16.9 Å². The van der Waals surface area contributed by atoms with Crippen molar-refractivity contribution >= 4 is 34.2 Å². The molecule has 1 fully saturated rings. The van der Waals surface area contributed by atoms with E-state index in [2.05, 4.69) is 0 Å². The molecule has 1 aliphatic rings. The van der Waals surface area contributed by atoms with Gasteiger partial charge in [0.15, 0.2) is 5.12 Å². The van der Waals surface area contributed by atoms with Gasteiger partial charge in [0.05, 0.1) is 11.4 Å². The normalized spacial score (nSPS) is 18.4. The second-order valence-corrected chi connectivity index (χ2v) is 6.46. The van der Waals surface area contributed by atoms with Crippen LogP contribution in [0.1, 0.15) is 13.3 Å². The van der Waals surface area contributed by atoms with Crippen LogP contribution in [0.3, 0.4) is 0 Å². The Bertz CT molecular complexity index is 516. The van der Waals surface area contributed by atoms with Gasteiger partial charge in [-0.15, -0.1) is 0 Å². The summed E-state index contributed by atoms with van der Waals surface area (Å²) in [7, 11) is 3.95. The lowest BCUT2D eigenvalue weighted by Gasteiger charge is -2.24. The van der Waals surface area contributed by atoms with E-state index in [0.717, 1.165) is 17.1 Å². The Morgan fingerprint density at radius 1 is 1.40 bits per heavy atom. The highest BCUT2D eigenvalue weighted by Gasteiger charge is 2.32. The maximum Gasteiger partial charge on any atom is 0.227 e. The van der Waals surface area contributed by atoms with Gasteiger partial charge in [-0.25, -0.2) is 0 Å². The fourth-order valence-electron chi connectivity index (χ4n) is 2.43. The Hall–Kier alpha value is -1.49. The zero-order valence-corrected chi connectivity index (χ0v) is 12.9. The van der Waals surface area contributed by atoms with Crippen LogP contribution in [0.15, 0.2) is 24.3 Å². The summed E-state index contributed by atoms with van der Waals surface area (Å²) >= 11 is 1.31. The fourth-order valence-corrected chi connectivity index (χ4v) is 3.13. The van der Waals surface area contributed by atoms with E-state index in [1.165, 1.54) is 11.8 Å². The molecule has 1 aromatic carbocycles. The first-order valence-corrected chi connectivity index (χ1v) is 7.67. The number of hydrogen-bond acceptors (Lipinski definition) is 4. The van der Waals surface area contributed by atoms with E-state index < -0.39 is 0 Å². The number of amides is 1. The Morgan fingerprint density at radius 2 is 2.10 bits per heavy atom. The molecule has 1 aromatic rings. The van der Waals surface area contributed by atoms with Gasteiger partial charge in [-0.3, -0.25) is 9.59 Å².